The Morgan fingerprint density at radius 1 is 1.11 bits per heavy atom. The molecule has 27 heavy (non-hydrogen) atoms. The van der Waals surface area contributed by atoms with Gasteiger partial charge in [0.25, 0.3) is 0 Å². The molecule has 4 rings (SSSR count). The van der Waals surface area contributed by atoms with Crippen LogP contribution in [0.3, 0.4) is 0 Å². The molecule has 0 amide bonds. The number of ether oxygens (including phenoxy) is 1. The summed E-state index contributed by atoms with van der Waals surface area (Å²) >= 11 is 1.06. The summed E-state index contributed by atoms with van der Waals surface area (Å²) in [6.07, 6.45) is 13.1. The summed E-state index contributed by atoms with van der Waals surface area (Å²) in [5.74, 6) is 1.58. The first-order chi connectivity index (χ1) is 13.1. The average molecular weight is 388 g/mol. The van der Waals surface area contributed by atoms with Crippen LogP contribution in [0.1, 0.15) is 68.2 Å². The van der Waals surface area contributed by atoms with Crippen molar-refractivity contribution in [2.75, 3.05) is 6.61 Å². The predicted molar refractivity (Wildman–Crippen MR) is 109 cm³/mol. The number of aromatic hydroxyl groups is 1. The average Bonchev–Trinajstić information content (AvgIpc) is 2.99. The molecule has 2 N–H and O–H groups in total. The zero-order valence-electron chi connectivity index (χ0n) is 15.8. The molecular weight excluding hydrogens is 358 g/mol. The quantitative estimate of drug-likeness (QED) is 0.736. The largest absolute Gasteiger partial charge is 0.494 e. The highest BCUT2D eigenvalue weighted by atomic mass is 32.1. The lowest BCUT2D eigenvalue weighted by atomic mass is 9.63. The number of hydrogen-bond donors (Lipinski definition) is 2. The SMILES string of the molecule is O=c1[nH]c(O)c(Cc2ccc(OCC3CCCC4(CCCCC4)C3)cc2)s1. The summed E-state index contributed by atoms with van der Waals surface area (Å²) in [5, 5.41) is 9.71. The van der Waals surface area contributed by atoms with Crippen molar-refractivity contribution in [2.45, 2.75) is 64.2 Å². The van der Waals surface area contributed by atoms with Gasteiger partial charge in [-0.2, -0.15) is 0 Å². The fraction of sp³-hybridized carbons (Fsp3) is 0.591. The van der Waals surface area contributed by atoms with Crippen LogP contribution in [0.4, 0.5) is 0 Å². The summed E-state index contributed by atoms with van der Waals surface area (Å²) in [4.78, 5) is 14.2. The maximum Gasteiger partial charge on any atom is 0.307 e. The Hall–Kier alpha value is -1.75. The van der Waals surface area contributed by atoms with Crippen molar-refractivity contribution in [3.05, 3.63) is 44.4 Å². The molecule has 4 nitrogen and oxygen atoms in total. The van der Waals surface area contributed by atoms with E-state index in [-0.39, 0.29) is 10.8 Å². The monoisotopic (exact) mass is 387 g/mol. The molecule has 146 valence electrons. The number of hydrogen-bond acceptors (Lipinski definition) is 4. The lowest BCUT2D eigenvalue weighted by molar-refractivity contribution is 0.0658. The van der Waals surface area contributed by atoms with Gasteiger partial charge in [0.2, 0.25) is 5.88 Å². The number of benzene rings is 1. The molecule has 0 aliphatic heterocycles. The molecule has 0 radical (unpaired) electrons. The molecule has 0 bridgehead atoms. The number of nitrogens with one attached hydrogen (secondary N) is 1. The molecule has 1 spiro atoms. The molecule has 0 saturated heterocycles. The lowest BCUT2D eigenvalue weighted by Crippen LogP contribution is -2.33. The minimum atomic E-state index is -0.217. The first-order valence-electron chi connectivity index (χ1n) is 10.2. The Kier molecular flexibility index (Phi) is 5.58. The van der Waals surface area contributed by atoms with Crippen molar-refractivity contribution >= 4 is 11.3 Å². The third kappa shape index (κ3) is 4.57. The lowest BCUT2D eigenvalue weighted by Gasteiger charge is -2.43. The number of aromatic amines is 1. The molecule has 2 aliphatic rings. The molecule has 1 atom stereocenters. The number of rotatable bonds is 5. The molecule has 1 aromatic heterocycles. The minimum absolute atomic E-state index is 0.0146. The molecule has 2 aromatic rings. The third-order valence-corrected chi connectivity index (χ3v) is 7.30. The summed E-state index contributed by atoms with van der Waals surface area (Å²) < 4.78 is 6.11. The molecule has 2 fully saturated rings. The number of thiazole rings is 1. The minimum Gasteiger partial charge on any atom is -0.494 e. The number of H-pyrrole nitrogens is 1. The summed E-state index contributed by atoms with van der Waals surface area (Å²) in [7, 11) is 0. The molecule has 1 aromatic carbocycles. The smallest absolute Gasteiger partial charge is 0.307 e. The van der Waals surface area contributed by atoms with Gasteiger partial charge in [-0.05, 0) is 61.1 Å². The molecule has 1 unspecified atom stereocenters. The van der Waals surface area contributed by atoms with E-state index in [2.05, 4.69) is 4.98 Å². The van der Waals surface area contributed by atoms with Gasteiger partial charge in [-0.1, -0.05) is 49.2 Å². The Bertz CT molecular complexity index is 796. The van der Waals surface area contributed by atoms with Crippen LogP contribution in [0.2, 0.25) is 0 Å². The first-order valence-corrected chi connectivity index (χ1v) is 11.1. The predicted octanol–water partition coefficient (Wildman–Crippen LogP) is 5.25. The van der Waals surface area contributed by atoms with Gasteiger partial charge >= 0.3 is 4.87 Å². The summed E-state index contributed by atoms with van der Waals surface area (Å²) in [6, 6.07) is 8.03. The molecular formula is C22H29NO3S. The Morgan fingerprint density at radius 2 is 1.85 bits per heavy atom. The van der Waals surface area contributed by atoms with Crippen molar-refractivity contribution in [1.82, 2.24) is 4.98 Å². The van der Waals surface area contributed by atoms with Crippen LogP contribution < -0.4 is 9.61 Å². The Morgan fingerprint density at radius 3 is 2.56 bits per heavy atom. The second-order valence-electron chi connectivity index (χ2n) is 8.44. The van der Waals surface area contributed by atoms with E-state index in [9.17, 15) is 9.90 Å². The zero-order valence-corrected chi connectivity index (χ0v) is 16.7. The fourth-order valence-corrected chi connectivity index (χ4v) is 5.81. The van der Waals surface area contributed by atoms with Crippen LogP contribution in [-0.2, 0) is 6.42 Å². The van der Waals surface area contributed by atoms with Crippen molar-refractivity contribution in [2.24, 2.45) is 11.3 Å². The topological polar surface area (TPSA) is 62.3 Å². The van der Waals surface area contributed by atoms with Crippen LogP contribution >= 0.6 is 11.3 Å². The standard InChI is InChI=1S/C22H29NO3S/c24-20-19(27-21(25)23-20)13-16-6-8-18(9-7-16)26-15-17-5-4-12-22(14-17)10-2-1-3-11-22/h6-9,17,24H,1-5,10-15H2,(H,23,25). The van der Waals surface area contributed by atoms with Gasteiger partial charge in [0.05, 0.1) is 11.5 Å². The van der Waals surface area contributed by atoms with Crippen LogP contribution in [0.15, 0.2) is 29.1 Å². The van der Waals surface area contributed by atoms with E-state index in [1.165, 1.54) is 57.8 Å². The van der Waals surface area contributed by atoms with Crippen molar-refractivity contribution in [1.29, 1.82) is 0 Å². The van der Waals surface area contributed by atoms with E-state index in [1.54, 1.807) is 0 Å². The van der Waals surface area contributed by atoms with E-state index < -0.39 is 0 Å². The van der Waals surface area contributed by atoms with Crippen molar-refractivity contribution in [3.8, 4) is 11.6 Å². The highest BCUT2D eigenvalue weighted by Gasteiger charge is 2.37. The molecule has 2 aliphatic carbocycles. The fourth-order valence-electron chi connectivity index (χ4n) is 5.06. The van der Waals surface area contributed by atoms with E-state index in [1.807, 2.05) is 24.3 Å². The van der Waals surface area contributed by atoms with E-state index >= 15 is 0 Å². The second kappa shape index (κ2) is 8.09. The summed E-state index contributed by atoms with van der Waals surface area (Å²) in [6.45, 7) is 0.821. The molecule has 1 heterocycles. The van der Waals surface area contributed by atoms with Gasteiger partial charge in [0, 0.05) is 6.42 Å². The van der Waals surface area contributed by atoms with Crippen molar-refractivity contribution in [3.63, 3.8) is 0 Å². The van der Waals surface area contributed by atoms with Crippen LogP contribution in [-0.4, -0.2) is 16.7 Å². The Balaban J connectivity index is 1.31. The van der Waals surface area contributed by atoms with Gasteiger partial charge in [-0.25, -0.2) is 0 Å². The zero-order chi connectivity index (χ0) is 18.7. The third-order valence-electron chi connectivity index (χ3n) is 6.43. The molecule has 2 saturated carbocycles. The van der Waals surface area contributed by atoms with E-state index in [0.717, 1.165) is 29.3 Å². The van der Waals surface area contributed by atoms with E-state index in [4.69, 9.17) is 4.74 Å². The van der Waals surface area contributed by atoms with Crippen LogP contribution in [0, 0.1) is 11.3 Å². The summed E-state index contributed by atoms with van der Waals surface area (Å²) in [5.41, 5.74) is 1.68. The second-order valence-corrected chi connectivity index (χ2v) is 9.51. The van der Waals surface area contributed by atoms with Crippen LogP contribution in [0.5, 0.6) is 11.6 Å². The normalized spacial score (nSPS) is 22.0. The van der Waals surface area contributed by atoms with Gasteiger partial charge < -0.3 is 9.84 Å². The van der Waals surface area contributed by atoms with Crippen molar-refractivity contribution < 1.29 is 9.84 Å². The highest BCUT2D eigenvalue weighted by molar-refractivity contribution is 7.09. The maximum atomic E-state index is 11.3. The van der Waals surface area contributed by atoms with E-state index in [0.29, 0.717) is 22.6 Å². The highest BCUT2D eigenvalue weighted by Crippen LogP contribution is 2.49. The first kappa shape index (κ1) is 18.6. The van der Waals surface area contributed by atoms with Gasteiger partial charge in [0.15, 0.2) is 0 Å². The number of aromatic nitrogens is 1. The van der Waals surface area contributed by atoms with Crippen LogP contribution in [0.25, 0.3) is 0 Å². The van der Waals surface area contributed by atoms with Gasteiger partial charge in [0.1, 0.15) is 5.75 Å². The maximum absolute atomic E-state index is 11.3. The molecule has 5 heteroatoms. The van der Waals surface area contributed by atoms with Gasteiger partial charge in [-0.15, -0.1) is 0 Å². The van der Waals surface area contributed by atoms with Gasteiger partial charge in [-0.3, -0.25) is 9.78 Å². The Labute approximate surface area is 164 Å².